The van der Waals surface area contributed by atoms with Crippen LogP contribution in [0.4, 0.5) is 17.5 Å². The molecule has 20 heavy (non-hydrogen) atoms. The van der Waals surface area contributed by atoms with Gasteiger partial charge in [0.15, 0.2) is 5.82 Å². The molecule has 0 spiro atoms. The van der Waals surface area contributed by atoms with E-state index in [1.807, 2.05) is 6.07 Å². The van der Waals surface area contributed by atoms with Gasteiger partial charge in [-0.15, -0.1) is 5.10 Å². The Hall–Kier alpha value is -2.17. The van der Waals surface area contributed by atoms with Gasteiger partial charge in [0.05, 0.1) is 6.20 Å². The van der Waals surface area contributed by atoms with Gasteiger partial charge in [0.25, 0.3) is 0 Å². The van der Waals surface area contributed by atoms with Crippen molar-refractivity contribution < 1.29 is 0 Å². The molecule has 1 N–H and O–H groups in total. The van der Waals surface area contributed by atoms with Gasteiger partial charge in [-0.3, -0.25) is 0 Å². The Labute approximate surface area is 120 Å². The fourth-order valence-corrected chi connectivity index (χ4v) is 2.17. The lowest BCUT2D eigenvalue weighted by atomic mass is 10.1. The summed E-state index contributed by atoms with van der Waals surface area (Å²) in [5.41, 5.74) is 3.38. The topological polar surface area (TPSA) is 53.9 Å². The van der Waals surface area contributed by atoms with Crippen LogP contribution in [0.2, 0.25) is 0 Å². The summed E-state index contributed by atoms with van der Waals surface area (Å²) >= 11 is 0. The standard InChI is InChI=1S/C15H21N5/c1-5-20(6-2)13-10-16-19-15(17-13)18-14-11(3)8-7-9-12(14)4/h7-10H,5-6H2,1-4H3,(H,17,18,19). The van der Waals surface area contributed by atoms with Crippen LogP contribution in [0.15, 0.2) is 24.4 Å². The first kappa shape index (κ1) is 14.2. The van der Waals surface area contributed by atoms with Crippen LogP contribution in [0.25, 0.3) is 0 Å². The summed E-state index contributed by atoms with van der Waals surface area (Å²) in [4.78, 5) is 6.68. The average Bonchev–Trinajstić information content (AvgIpc) is 2.45. The highest BCUT2D eigenvalue weighted by Crippen LogP contribution is 2.22. The maximum Gasteiger partial charge on any atom is 0.249 e. The van der Waals surface area contributed by atoms with Crippen molar-refractivity contribution in [2.75, 3.05) is 23.3 Å². The summed E-state index contributed by atoms with van der Waals surface area (Å²) in [6, 6.07) is 6.18. The van der Waals surface area contributed by atoms with Crippen LogP contribution in [0.3, 0.4) is 0 Å². The molecule has 2 rings (SSSR count). The van der Waals surface area contributed by atoms with E-state index in [1.54, 1.807) is 6.20 Å². The van der Waals surface area contributed by atoms with Gasteiger partial charge in [-0.05, 0) is 38.8 Å². The van der Waals surface area contributed by atoms with E-state index < -0.39 is 0 Å². The van der Waals surface area contributed by atoms with E-state index in [0.717, 1.165) is 24.6 Å². The van der Waals surface area contributed by atoms with Crippen LogP contribution in [-0.2, 0) is 0 Å². The van der Waals surface area contributed by atoms with Crippen LogP contribution < -0.4 is 10.2 Å². The van der Waals surface area contributed by atoms with Crippen molar-refractivity contribution in [3.8, 4) is 0 Å². The van der Waals surface area contributed by atoms with Crippen molar-refractivity contribution in [1.29, 1.82) is 0 Å². The fraction of sp³-hybridized carbons (Fsp3) is 0.400. The van der Waals surface area contributed by atoms with E-state index in [0.29, 0.717) is 5.95 Å². The maximum absolute atomic E-state index is 4.53. The first-order valence-electron chi connectivity index (χ1n) is 6.93. The molecule has 0 bridgehead atoms. The van der Waals surface area contributed by atoms with Gasteiger partial charge in [0.1, 0.15) is 0 Å². The summed E-state index contributed by atoms with van der Waals surface area (Å²) in [6.07, 6.45) is 1.70. The van der Waals surface area contributed by atoms with E-state index in [-0.39, 0.29) is 0 Å². The van der Waals surface area contributed by atoms with E-state index in [1.165, 1.54) is 11.1 Å². The Bertz CT molecular complexity index is 558. The maximum atomic E-state index is 4.53. The van der Waals surface area contributed by atoms with Gasteiger partial charge >= 0.3 is 0 Å². The predicted molar refractivity (Wildman–Crippen MR) is 82.6 cm³/mol. The van der Waals surface area contributed by atoms with Gasteiger partial charge in [0, 0.05) is 18.8 Å². The Kier molecular flexibility index (Phi) is 4.50. The highest BCUT2D eigenvalue weighted by molar-refractivity contribution is 5.63. The summed E-state index contributed by atoms with van der Waals surface area (Å²) in [6.45, 7) is 10.1. The first-order chi connectivity index (χ1) is 9.65. The lowest BCUT2D eigenvalue weighted by Crippen LogP contribution is -2.23. The fourth-order valence-electron chi connectivity index (χ4n) is 2.17. The zero-order valence-electron chi connectivity index (χ0n) is 12.5. The predicted octanol–water partition coefficient (Wildman–Crippen LogP) is 3.08. The zero-order chi connectivity index (χ0) is 14.5. The number of hydrogen-bond donors (Lipinski definition) is 1. The third-order valence-corrected chi connectivity index (χ3v) is 3.35. The molecule has 0 amide bonds. The molecule has 0 saturated carbocycles. The number of nitrogens with one attached hydrogen (secondary N) is 1. The van der Waals surface area contributed by atoms with Crippen LogP contribution in [-0.4, -0.2) is 28.3 Å². The van der Waals surface area contributed by atoms with Crippen LogP contribution in [0, 0.1) is 13.8 Å². The summed E-state index contributed by atoms with van der Waals surface area (Å²) in [5.74, 6) is 1.38. The number of hydrogen-bond acceptors (Lipinski definition) is 5. The van der Waals surface area contributed by atoms with Crippen molar-refractivity contribution in [2.24, 2.45) is 0 Å². The Morgan fingerprint density at radius 1 is 1.10 bits per heavy atom. The Morgan fingerprint density at radius 3 is 2.35 bits per heavy atom. The Morgan fingerprint density at radius 2 is 1.75 bits per heavy atom. The zero-order valence-corrected chi connectivity index (χ0v) is 12.5. The quantitative estimate of drug-likeness (QED) is 0.905. The van der Waals surface area contributed by atoms with Gasteiger partial charge in [0.2, 0.25) is 5.95 Å². The minimum absolute atomic E-state index is 0.534. The molecule has 0 radical (unpaired) electrons. The highest BCUT2D eigenvalue weighted by Gasteiger charge is 2.08. The minimum atomic E-state index is 0.534. The SMILES string of the molecule is CCN(CC)c1cnnc(Nc2c(C)cccc2C)n1. The molecule has 1 heterocycles. The molecule has 0 aliphatic heterocycles. The third-order valence-electron chi connectivity index (χ3n) is 3.35. The second-order valence-corrected chi connectivity index (χ2v) is 4.70. The van der Waals surface area contributed by atoms with Crippen molar-refractivity contribution in [2.45, 2.75) is 27.7 Å². The first-order valence-corrected chi connectivity index (χ1v) is 6.93. The van der Waals surface area contributed by atoms with Gasteiger partial charge in [-0.25, -0.2) is 0 Å². The molecule has 0 atom stereocenters. The average molecular weight is 271 g/mol. The van der Waals surface area contributed by atoms with E-state index >= 15 is 0 Å². The lowest BCUT2D eigenvalue weighted by Gasteiger charge is -2.19. The van der Waals surface area contributed by atoms with Crippen LogP contribution >= 0.6 is 0 Å². The molecule has 106 valence electrons. The number of benzene rings is 1. The van der Waals surface area contributed by atoms with E-state index in [9.17, 15) is 0 Å². The lowest BCUT2D eigenvalue weighted by molar-refractivity contribution is 0.826. The van der Waals surface area contributed by atoms with Gasteiger partial charge in [-0.2, -0.15) is 10.1 Å². The second kappa shape index (κ2) is 6.32. The molecular weight excluding hydrogens is 250 g/mol. The molecule has 1 aromatic heterocycles. The molecule has 0 fully saturated rings. The normalized spacial score (nSPS) is 10.4. The highest BCUT2D eigenvalue weighted by atomic mass is 15.3. The van der Waals surface area contributed by atoms with Gasteiger partial charge < -0.3 is 10.2 Å². The number of rotatable bonds is 5. The van der Waals surface area contributed by atoms with Crippen molar-refractivity contribution in [3.05, 3.63) is 35.5 Å². The number of aromatic nitrogens is 3. The van der Waals surface area contributed by atoms with Crippen LogP contribution in [0.5, 0.6) is 0 Å². The third kappa shape index (κ3) is 3.04. The molecule has 5 nitrogen and oxygen atoms in total. The molecule has 0 aliphatic carbocycles. The number of nitrogens with zero attached hydrogens (tertiary/aromatic N) is 4. The largest absolute Gasteiger partial charge is 0.356 e. The molecule has 1 aromatic carbocycles. The van der Waals surface area contributed by atoms with Crippen molar-refractivity contribution in [1.82, 2.24) is 15.2 Å². The minimum Gasteiger partial charge on any atom is -0.356 e. The second-order valence-electron chi connectivity index (χ2n) is 4.70. The van der Waals surface area contributed by atoms with E-state index in [4.69, 9.17) is 0 Å². The summed E-state index contributed by atoms with van der Waals surface area (Å²) < 4.78 is 0. The van der Waals surface area contributed by atoms with E-state index in [2.05, 4.69) is 65.2 Å². The Balaban J connectivity index is 2.28. The molecule has 0 aliphatic rings. The van der Waals surface area contributed by atoms with Crippen molar-refractivity contribution >= 4 is 17.5 Å². The number of para-hydroxylation sites is 1. The molecule has 2 aromatic rings. The monoisotopic (exact) mass is 271 g/mol. The molecular formula is C15H21N5. The number of anilines is 3. The molecule has 0 saturated heterocycles. The number of aryl methyl sites for hydroxylation is 2. The molecule has 0 unspecified atom stereocenters. The van der Waals surface area contributed by atoms with Crippen molar-refractivity contribution in [3.63, 3.8) is 0 Å². The van der Waals surface area contributed by atoms with Crippen LogP contribution in [0.1, 0.15) is 25.0 Å². The van der Waals surface area contributed by atoms with Gasteiger partial charge in [-0.1, -0.05) is 18.2 Å². The summed E-state index contributed by atoms with van der Waals surface area (Å²) in [5, 5.41) is 11.4. The molecule has 5 heteroatoms. The smallest absolute Gasteiger partial charge is 0.249 e. The summed E-state index contributed by atoms with van der Waals surface area (Å²) in [7, 11) is 0.